The maximum absolute atomic E-state index is 12.6. The minimum absolute atomic E-state index is 0.364. The molecule has 0 radical (unpaired) electrons. The number of carbonyl (C=O) groups is 1. The number of anilines is 1. The van der Waals surface area contributed by atoms with Gasteiger partial charge in [-0.15, -0.1) is 11.3 Å². The number of aromatic nitrogens is 1. The highest BCUT2D eigenvalue weighted by Crippen LogP contribution is 2.31. The van der Waals surface area contributed by atoms with Crippen LogP contribution in [0.15, 0.2) is 77.9 Å². The van der Waals surface area contributed by atoms with E-state index in [1.165, 1.54) is 0 Å². The van der Waals surface area contributed by atoms with E-state index in [9.17, 15) is 4.79 Å². The number of nitrogens with one attached hydrogen (secondary N) is 1. The zero-order valence-electron chi connectivity index (χ0n) is 19.2. The van der Waals surface area contributed by atoms with E-state index in [1.54, 1.807) is 35.8 Å². The summed E-state index contributed by atoms with van der Waals surface area (Å²) in [5, 5.41) is 5.03. The van der Waals surface area contributed by atoms with Gasteiger partial charge in [-0.05, 0) is 56.2 Å². The second-order valence-corrected chi connectivity index (χ2v) is 8.71. The van der Waals surface area contributed by atoms with E-state index < -0.39 is 5.97 Å². The summed E-state index contributed by atoms with van der Waals surface area (Å²) in [5.41, 5.74) is 7.19. The van der Waals surface area contributed by atoms with Gasteiger partial charge in [0.25, 0.3) is 0 Å². The fourth-order valence-electron chi connectivity index (χ4n) is 3.38. The Kier molecular flexibility index (Phi) is 7.34. The molecule has 0 aliphatic heterocycles. The van der Waals surface area contributed by atoms with Gasteiger partial charge in [0.15, 0.2) is 11.5 Å². The van der Waals surface area contributed by atoms with Crippen LogP contribution in [0.25, 0.3) is 11.3 Å². The lowest BCUT2D eigenvalue weighted by molar-refractivity contribution is 0.0727. The average molecular weight is 472 g/mol. The van der Waals surface area contributed by atoms with Crippen LogP contribution in [-0.2, 0) is 0 Å². The van der Waals surface area contributed by atoms with E-state index in [0.717, 1.165) is 27.3 Å². The van der Waals surface area contributed by atoms with Crippen LogP contribution in [0.1, 0.15) is 33.3 Å². The molecule has 1 heterocycles. The van der Waals surface area contributed by atoms with Crippen molar-refractivity contribution in [2.75, 3.05) is 12.0 Å². The number of hydrogen-bond donors (Lipinski definition) is 1. The highest BCUT2D eigenvalue weighted by atomic mass is 32.1. The Morgan fingerprint density at radius 2 is 1.79 bits per heavy atom. The zero-order chi connectivity index (χ0) is 23.9. The smallest absolute Gasteiger partial charge is 0.343 e. The molecule has 0 fully saturated rings. The number of ether oxygens (including phenoxy) is 2. The molecule has 0 atom stereocenters. The molecular formula is C27H25N3O3S. The highest BCUT2D eigenvalue weighted by molar-refractivity contribution is 7.16. The van der Waals surface area contributed by atoms with Crippen molar-refractivity contribution in [1.82, 2.24) is 4.98 Å². The van der Waals surface area contributed by atoms with Crippen LogP contribution in [0, 0.1) is 13.8 Å². The third-order valence-electron chi connectivity index (χ3n) is 5.05. The minimum Gasteiger partial charge on any atom is -0.490 e. The third kappa shape index (κ3) is 5.50. The van der Waals surface area contributed by atoms with Gasteiger partial charge in [-0.25, -0.2) is 9.78 Å². The Hall–Kier alpha value is -3.97. The quantitative estimate of drug-likeness (QED) is 0.138. The molecule has 7 heteroatoms. The number of benzene rings is 3. The van der Waals surface area contributed by atoms with Gasteiger partial charge in [-0.2, -0.15) is 5.10 Å². The van der Waals surface area contributed by atoms with Crippen molar-refractivity contribution in [3.05, 3.63) is 94.4 Å². The molecule has 0 saturated carbocycles. The van der Waals surface area contributed by atoms with Gasteiger partial charge in [0.05, 0.1) is 24.1 Å². The molecule has 1 N–H and O–H groups in total. The van der Waals surface area contributed by atoms with Gasteiger partial charge in [-0.3, -0.25) is 5.43 Å². The predicted molar refractivity (Wildman–Crippen MR) is 137 cm³/mol. The lowest BCUT2D eigenvalue weighted by atomic mass is 10.1. The third-order valence-corrected chi connectivity index (χ3v) is 5.93. The molecule has 0 amide bonds. The minimum atomic E-state index is -0.421. The Balaban J connectivity index is 1.47. The summed E-state index contributed by atoms with van der Waals surface area (Å²) in [7, 11) is 0. The Labute approximate surface area is 202 Å². The summed E-state index contributed by atoms with van der Waals surface area (Å²) in [6.45, 7) is 6.23. The summed E-state index contributed by atoms with van der Waals surface area (Å²) in [6, 6.07) is 22.7. The van der Waals surface area contributed by atoms with E-state index in [4.69, 9.17) is 9.47 Å². The van der Waals surface area contributed by atoms with Crippen molar-refractivity contribution in [3.63, 3.8) is 0 Å². The number of nitrogens with zero attached hydrogens (tertiary/aromatic N) is 2. The molecular weight excluding hydrogens is 446 g/mol. The summed E-state index contributed by atoms with van der Waals surface area (Å²) in [6.07, 6.45) is 1.67. The molecule has 172 valence electrons. The predicted octanol–water partition coefficient (Wildman–Crippen LogP) is 6.49. The number of hydrazone groups is 1. The van der Waals surface area contributed by atoms with Crippen LogP contribution >= 0.6 is 11.3 Å². The van der Waals surface area contributed by atoms with E-state index in [0.29, 0.717) is 28.8 Å². The first kappa shape index (κ1) is 23.2. The fraction of sp³-hybridized carbons (Fsp3) is 0.148. The van der Waals surface area contributed by atoms with Gasteiger partial charge < -0.3 is 9.47 Å². The molecule has 0 bridgehead atoms. The topological polar surface area (TPSA) is 72.8 Å². The van der Waals surface area contributed by atoms with Gasteiger partial charge in [0.2, 0.25) is 5.13 Å². The molecule has 6 nitrogen and oxygen atoms in total. The molecule has 0 aliphatic carbocycles. The van der Waals surface area contributed by atoms with Crippen LogP contribution in [0.5, 0.6) is 11.5 Å². The first-order valence-corrected chi connectivity index (χ1v) is 11.7. The van der Waals surface area contributed by atoms with Gasteiger partial charge in [-0.1, -0.05) is 48.5 Å². The Morgan fingerprint density at radius 3 is 2.56 bits per heavy atom. The van der Waals surface area contributed by atoms with Crippen LogP contribution in [-0.4, -0.2) is 23.8 Å². The largest absolute Gasteiger partial charge is 0.490 e. The maximum atomic E-state index is 12.6. The first-order chi connectivity index (χ1) is 16.5. The summed E-state index contributed by atoms with van der Waals surface area (Å²) in [4.78, 5) is 18.4. The molecule has 0 aliphatic rings. The summed E-state index contributed by atoms with van der Waals surface area (Å²) >= 11 is 1.55. The summed E-state index contributed by atoms with van der Waals surface area (Å²) < 4.78 is 11.3. The molecule has 34 heavy (non-hydrogen) atoms. The normalized spacial score (nSPS) is 10.9. The van der Waals surface area contributed by atoms with Gasteiger partial charge in [0.1, 0.15) is 0 Å². The van der Waals surface area contributed by atoms with Gasteiger partial charge in [0, 0.05) is 10.4 Å². The molecule has 0 unspecified atom stereocenters. The number of carbonyl (C=O) groups excluding carboxylic acids is 1. The zero-order valence-corrected chi connectivity index (χ0v) is 20.1. The van der Waals surface area contributed by atoms with Crippen LogP contribution in [0.4, 0.5) is 5.13 Å². The number of rotatable bonds is 8. The monoisotopic (exact) mass is 471 g/mol. The maximum Gasteiger partial charge on any atom is 0.343 e. The lowest BCUT2D eigenvalue weighted by Gasteiger charge is -2.12. The van der Waals surface area contributed by atoms with Crippen molar-refractivity contribution in [1.29, 1.82) is 0 Å². The van der Waals surface area contributed by atoms with Crippen molar-refractivity contribution >= 4 is 28.7 Å². The molecule has 0 spiro atoms. The first-order valence-electron chi connectivity index (χ1n) is 10.9. The van der Waals surface area contributed by atoms with Crippen molar-refractivity contribution in [2.24, 2.45) is 5.10 Å². The van der Waals surface area contributed by atoms with Crippen molar-refractivity contribution in [2.45, 2.75) is 20.8 Å². The van der Waals surface area contributed by atoms with Crippen LogP contribution in [0.2, 0.25) is 0 Å². The average Bonchev–Trinajstić information content (AvgIpc) is 3.22. The van der Waals surface area contributed by atoms with Crippen molar-refractivity contribution < 1.29 is 14.3 Å². The number of hydrogen-bond acceptors (Lipinski definition) is 7. The number of thiazole rings is 1. The van der Waals surface area contributed by atoms with E-state index in [1.807, 2.05) is 75.4 Å². The Morgan fingerprint density at radius 1 is 1.03 bits per heavy atom. The van der Waals surface area contributed by atoms with E-state index in [2.05, 4.69) is 15.5 Å². The molecule has 3 aromatic carbocycles. The molecule has 0 saturated heterocycles. The lowest BCUT2D eigenvalue weighted by Crippen LogP contribution is -2.11. The van der Waals surface area contributed by atoms with E-state index in [-0.39, 0.29) is 0 Å². The Bertz CT molecular complexity index is 1320. The SMILES string of the molecule is CCOc1cc(C=NNc2nc(-c3ccccc3)c(C)s2)ccc1OC(=O)c1ccccc1C. The standard InChI is InChI=1S/C27H25N3O3S/c1-4-32-24-16-20(14-15-23(24)33-26(31)22-13-9-8-10-18(22)2)17-28-30-27-29-25(19(3)34-27)21-11-6-5-7-12-21/h5-17H,4H2,1-3H3,(H,29,30). The van der Waals surface area contributed by atoms with E-state index >= 15 is 0 Å². The molecule has 4 rings (SSSR count). The second kappa shape index (κ2) is 10.8. The van der Waals surface area contributed by atoms with Gasteiger partial charge >= 0.3 is 5.97 Å². The van der Waals surface area contributed by atoms with Crippen LogP contribution < -0.4 is 14.9 Å². The number of aryl methyl sites for hydroxylation is 2. The molecule has 4 aromatic rings. The number of esters is 1. The highest BCUT2D eigenvalue weighted by Gasteiger charge is 2.15. The van der Waals surface area contributed by atoms with Crippen molar-refractivity contribution in [3.8, 4) is 22.8 Å². The second-order valence-electron chi connectivity index (χ2n) is 7.50. The van der Waals surface area contributed by atoms with Crippen LogP contribution in [0.3, 0.4) is 0 Å². The fourth-order valence-corrected chi connectivity index (χ4v) is 4.17. The molecule has 1 aromatic heterocycles. The summed E-state index contributed by atoms with van der Waals surface area (Å²) in [5.74, 6) is 0.420.